The molecule has 19 heavy (non-hydrogen) atoms. The molecular weight excluding hydrogens is 240 g/mol. The molecule has 4 heteroatoms. The van der Waals surface area contributed by atoms with E-state index in [1.54, 1.807) is 6.26 Å². The van der Waals surface area contributed by atoms with E-state index in [0.717, 1.165) is 23.4 Å². The molecule has 1 aromatic carbocycles. The number of nitrogens with zero attached hydrogens (tertiary/aromatic N) is 1. The molecule has 0 saturated carbocycles. The number of carbonyl (C=O) groups excluding carboxylic acids is 1. The van der Waals surface area contributed by atoms with Crippen molar-refractivity contribution >= 4 is 11.6 Å². The van der Waals surface area contributed by atoms with Gasteiger partial charge in [0.15, 0.2) is 6.17 Å². The maximum atomic E-state index is 12.6. The van der Waals surface area contributed by atoms with Gasteiger partial charge in [0.25, 0.3) is 5.91 Å². The number of rotatable bonds is 3. The molecule has 0 bridgehead atoms. The second kappa shape index (κ2) is 4.80. The summed E-state index contributed by atoms with van der Waals surface area (Å²) in [6.07, 6.45) is 2.32. The first-order valence-electron chi connectivity index (χ1n) is 6.51. The molecule has 1 aliphatic rings. The normalized spacial score (nSPS) is 18.1. The van der Waals surface area contributed by atoms with E-state index < -0.39 is 0 Å². The lowest BCUT2D eigenvalue weighted by atomic mass is 10.1. The zero-order chi connectivity index (χ0) is 13.2. The lowest BCUT2D eigenvalue weighted by Gasteiger charge is -2.36. The Hall–Kier alpha value is -2.23. The molecule has 0 aliphatic carbocycles. The smallest absolute Gasteiger partial charge is 0.257 e. The van der Waals surface area contributed by atoms with Crippen molar-refractivity contribution < 1.29 is 9.21 Å². The molecule has 3 rings (SSSR count). The Bertz CT molecular complexity index is 578. The zero-order valence-corrected chi connectivity index (χ0v) is 10.8. The lowest BCUT2D eigenvalue weighted by Crippen LogP contribution is -2.43. The highest BCUT2D eigenvalue weighted by molar-refractivity contribution is 6.01. The summed E-state index contributed by atoms with van der Waals surface area (Å²) in [5.41, 5.74) is 1.58. The number of furan rings is 1. The van der Waals surface area contributed by atoms with E-state index in [0.29, 0.717) is 6.54 Å². The molecule has 1 aromatic heterocycles. The van der Waals surface area contributed by atoms with E-state index in [2.05, 4.69) is 12.2 Å². The fourth-order valence-electron chi connectivity index (χ4n) is 2.44. The van der Waals surface area contributed by atoms with Crippen molar-refractivity contribution in [3.63, 3.8) is 0 Å². The van der Waals surface area contributed by atoms with Gasteiger partial charge >= 0.3 is 0 Å². The second-order valence-electron chi connectivity index (χ2n) is 4.61. The molecule has 2 heterocycles. The fourth-order valence-corrected chi connectivity index (χ4v) is 2.44. The van der Waals surface area contributed by atoms with Crippen molar-refractivity contribution in [1.29, 1.82) is 0 Å². The summed E-state index contributed by atoms with van der Waals surface area (Å²) < 4.78 is 5.46. The first-order chi connectivity index (χ1) is 9.31. The van der Waals surface area contributed by atoms with Crippen LogP contribution in [0.15, 0.2) is 47.1 Å². The Morgan fingerprint density at radius 1 is 1.26 bits per heavy atom. The molecule has 0 spiro atoms. The third-order valence-corrected chi connectivity index (χ3v) is 3.30. The van der Waals surface area contributed by atoms with Crippen molar-refractivity contribution in [2.75, 3.05) is 11.9 Å². The quantitative estimate of drug-likeness (QED) is 0.916. The first kappa shape index (κ1) is 11.8. The zero-order valence-electron chi connectivity index (χ0n) is 10.8. The van der Waals surface area contributed by atoms with Crippen LogP contribution in [-0.4, -0.2) is 17.4 Å². The Balaban J connectivity index is 2.03. The lowest BCUT2D eigenvalue weighted by molar-refractivity contribution is 0.0663. The largest absolute Gasteiger partial charge is 0.465 e. The number of benzene rings is 1. The van der Waals surface area contributed by atoms with Crippen LogP contribution in [-0.2, 0) is 0 Å². The van der Waals surface area contributed by atoms with Gasteiger partial charge in [-0.1, -0.05) is 19.1 Å². The van der Waals surface area contributed by atoms with Gasteiger partial charge in [0.1, 0.15) is 5.76 Å². The number of anilines is 1. The van der Waals surface area contributed by atoms with Gasteiger partial charge < -0.3 is 14.6 Å². The monoisotopic (exact) mass is 256 g/mol. The molecule has 0 unspecified atom stereocenters. The van der Waals surface area contributed by atoms with Crippen molar-refractivity contribution in [2.45, 2.75) is 19.5 Å². The minimum absolute atomic E-state index is 0.0533. The van der Waals surface area contributed by atoms with Gasteiger partial charge in [0.05, 0.1) is 11.8 Å². The third-order valence-electron chi connectivity index (χ3n) is 3.30. The summed E-state index contributed by atoms with van der Waals surface area (Å²) >= 11 is 0. The van der Waals surface area contributed by atoms with Gasteiger partial charge in [-0.3, -0.25) is 4.79 Å². The van der Waals surface area contributed by atoms with Crippen LogP contribution in [0.5, 0.6) is 0 Å². The molecule has 1 N–H and O–H groups in total. The SMILES string of the molecule is CCCN1C(=O)c2ccccc2N[C@H]1c1ccco1. The van der Waals surface area contributed by atoms with Gasteiger partial charge in [-0.25, -0.2) is 0 Å². The number of hydrogen-bond donors (Lipinski definition) is 1. The van der Waals surface area contributed by atoms with Crippen molar-refractivity contribution in [1.82, 2.24) is 4.90 Å². The van der Waals surface area contributed by atoms with Gasteiger partial charge in [0.2, 0.25) is 0 Å². The van der Waals surface area contributed by atoms with E-state index in [1.807, 2.05) is 41.3 Å². The number of para-hydroxylation sites is 1. The first-order valence-corrected chi connectivity index (χ1v) is 6.51. The molecule has 1 aliphatic heterocycles. The molecule has 4 nitrogen and oxygen atoms in total. The summed E-state index contributed by atoms with van der Waals surface area (Å²) in [6, 6.07) is 11.3. The number of carbonyl (C=O) groups is 1. The van der Waals surface area contributed by atoms with Crippen LogP contribution in [0, 0.1) is 0 Å². The number of amides is 1. The highest BCUT2D eigenvalue weighted by Crippen LogP contribution is 2.33. The van der Waals surface area contributed by atoms with E-state index in [-0.39, 0.29) is 12.1 Å². The van der Waals surface area contributed by atoms with Gasteiger partial charge in [0, 0.05) is 12.2 Å². The summed E-state index contributed by atoms with van der Waals surface area (Å²) in [4.78, 5) is 14.4. The summed E-state index contributed by atoms with van der Waals surface area (Å²) in [5, 5.41) is 3.38. The molecular formula is C15H16N2O2. The van der Waals surface area contributed by atoms with Gasteiger partial charge in [-0.2, -0.15) is 0 Å². The van der Waals surface area contributed by atoms with E-state index >= 15 is 0 Å². The van der Waals surface area contributed by atoms with Crippen LogP contribution in [0.3, 0.4) is 0 Å². The van der Waals surface area contributed by atoms with Crippen LogP contribution in [0.25, 0.3) is 0 Å². The Morgan fingerprint density at radius 2 is 2.11 bits per heavy atom. The molecule has 98 valence electrons. The Kier molecular flexibility index (Phi) is 2.99. The minimum atomic E-state index is -0.225. The second-order valence-corrected chi connectivity index (χ2v) is 4.61. The Morgan fingerprint density at radius 3 is 2.84 bits per heavy atom. The topological polar surface area (TPSA) is 45.5 Å². The highest BCUT2D eigenvalue weighted by atomic mass is 16.3. The molecule has 0 fully saturated rings. The maximum Gasteiger partial charge on any atom is 0.257 e. The van der Waals surface area contributed by atoms with Crippen molar-refractivity contribution in [2.24, 2.45) is 0 Å². The van der Waals surface area contributed by atoms with Crippen LogP contribution in [0.1, 0.15) is 35.6 Å². The van der Waals surface area contributed by atoms with Crippen molar-refractivity contribution in [3.05, 3.63) is 54.0 Å². The van der Waals surface area contributed by atoms with Crippen LogP contribution in [0.4, 0.5) is 5.69 Å². The Labute approximate surface area is 112 Å². The summed E-state index contributed by atoms with van der Waals surface area (Å²) in [5.74, 6) is 0.814. The van der Waals surface area contributed by atoms with Crippen molar-refractivity contribution in [3.8, 4) is 0 Å². The molecule has 0 radical (unpaired) electrons. The predicted octanol–water partition coefficient (Wildman–Crippen LogP) is 3.26. The average Bonchev–Trinajstić information content (AvgIpc) is 2.96. The molecule has 2 aromatic rings. The van der Waals surface area contributed by atoms with Gasteiger partial charge in [-0.15, -0.1) is 0 Å². The third kappa shape index (κ3) is 1.99. The van der Waals surface area contributed by atoms with Gasteiger partial charge in [-0.05, 0) is 30.7 Å². The van der Waals surface area contributed by atoms with Crippen LogP contribution in [0.2, 0.25) is 0 Å². The molecule has 0 saturated heterocycles. The number of nitrogens with one attached hydrogen (secondary N) is 1. The maximum absolute atomic E-state index is 12.6. The molecule has 1 amide bonds. The minimum Gasteiger partial charge on any atom is -0.465 e. The van der Waals surface area contributed by atoms with E-state index in [9.17, 15) is 4.79 Å². The average molecular weight is 256 g/mol. The number of hydrogen-bond acceptors (Lipinski definition) is 3. The van der Waals surface area contributed by atoms with E-state index in [4.69, 9.17) is 4.42 Å². The summed E-state index contributed by atoms with van der Waals surface area (Å²) in [6.45, 7) is 2.76. The summed E-state index contributed by atoms with van der Waals surface area (Å²) in [7, 11) is 0. The standard InChI is InChI=1S/C15H16N2O2/c1-2-9-17-14(13-8-5-10-19-13)16-12-7-4-3-6-11(12)15(17)18/h3-8,10,14,16H,2,9H2,1H3/t14-/m1/s1. The number of fused-ring (bicyclic) bond motifs is 1. The van der Waals surface area contributed by atoms with Crippen LogP contribution < -0.4 is 5.32 Å². The highest BCUT2D eigenvalue weighted by Gasteiger charge is 2.33. The van der Waals surface area contributed by atoms with E-state index in [1.165, 1.54) is 0 Å². The predicted molar refractivity (Wildman–Crippen MR) is 72.8 cm³/mol. The molecule has 1 atom stereocenters. The fraction of sp³-hybridized carbons (Fsp3) is 0.267. The van der Waals surface area contributed by atoms with Crippen LogP contribution >= 0.6 is 0 Å².